The summed E-state index contributed by atoms with van der Waals surface area (Å²) in [7, 11) is 1.55. The molecule has 0 aromatic heterocycles. The molecule has 5 nitrogen and oxygen atoms in total. The number of amides is 1. The highest BCUT2D eigenvalue weighted by molar-refractivity contribution is 9.10. The number of hydrogen-bond donors (Lipinski definition) is 1. The molecule has 0 fully saturated rings. The second-order valence-electron chi connectivity index (χ2n) is 7.11. The van der Waals surface area contributed by atoms with E-state index in [1.807, 2.05) is 37.3 Å². The van der Waals surface area contributed by atoms with Gasteiger partial charge in [-0.1, -0.05) is 36.7 Å². The van der Waals surface area contributed by atoms with Crippen LogP contribution < -0.4 is 14.8 Å². The minimum absolute atomic E-state index is 0.183. The Balaban J connectivity index is 1.68. The molecule has 166 valence electrons. The fourth-order valence-corrected chi connectivity index (χ4v) is 3.68. The van der Waals surface area contributed by atoms with Gasteiger partial charge in [0.1, 0.15) is 0 Å². The molecule has 0 saturated heterocycles. The van der Waals surface area contributed by atoms with Crippen molar-refractivity contribution in [3.8, 4) is 11.5 Å². The van der Waals surface area contributed by atoms with E-state index >= 15 is 0 Å². The first kappa shape index (κ1) is 23.8. The van der Waals surface area contributed by atoms with Crippen molar-refractivity contribution >= 4 is 51.0 Å². The van der Waals surface area contributed by atoms with Crippen LogP contribution in [0, 0.1) is 6.92 Å². The summed E-state index contributed by atoms with van der Waals surface area (Å²) in [4.78, 5) is 16.8. The number of nitrogens with one attached hydrogen (secondary N) is 1. The first-order valence-electron chi connectivity index (χ1n) is 10.1. The highest BCUT2D eigenvalue weighted by atomic mass is 79.9. The van der Waals surface area contributed by atoms with Gasteiger partial charge >= 0.3 is 0 Å². The molecule has 32 heavy (non-hydrogen) atoms. The average Bonchev–Trinajstić information content (AvgIpc) is 2.79. The maximum atomic E-state index is 12.3. The molecule has 3 rings (SSSR count). The van der Waals surface area contributed by atoms with Gasteiger partial charge in [-0.15, -0.1) is 0 Å². The molecule has 0 radical (unpaired) electrons. The van der Waals surface area contributed by atoms with Gasteiger partial charge in [0.2, 0.25) is 0 Å². The van der Waals surface area contributed by atoms with Crippen molar-refractivity contribution in [3.05, 3.63) is 80.8 Å². The fraction of sp³-hybridized carbons (Fsp3) is 0.200. The molecule has 0 aliphatic rings. The van der Waals surface area contributed by atoms with E-state index in [0.717, 1.165) is 23.2 Å². The second-order valence-corrected chi connectivity index (χ2v) is 8.37. The number of carbonyl (C=O) groups excluding carboxylic acids is 1. The average molecular weight is 516 g/mol. The monoisotopic (exact) mass is 514 g/mol. The predicted octanol–water partition coefficient (Wildman–Crippen LogP) is 6.75. The van der Waals surface area contributed by atoms with Crippen LogP contribution in [0.15, 0.2) is 64.1 Å². The summed E-state index contributed by atoms with van der Waals surface area (Å²) in [6, 6.07) is 17.1. The van der Waals surface area contributed by atoms with Gasteiger partial charge in [-0.2, -0.15) is 0 Å². The third-order valence-corrected chi connectivity index (χ3v) is 5.76. The van der Waals surface area contributed by atoms with Crippen molar-refractivity contribution in [2.75, 3.05) is 19.0 Å². The van der Waals surface area contributed by atoms with Gasteiger partial charge in [-0.05, 0) is 82.4 Å². The Kier molecular flexibility index (Phi) is 8.31. The summed E-state index contributed by atoms with van der Waals surface area (Å²) in [6.07, 6.45) is 2.75. The van der Waals surface area contributed by atoms with Crippen molar-refractivity contribution in [2.24, 2.45) is 4.99 Å². The number of rotatable bonds is 8. The Labute approximate surface area is 201 Å². The number of ether oxygens (including phenoxy) is 2. The number of benzene rings is 3. The summed E-state index contributed by atoms with van der Waals surface area (Å²) < 4.78 is 11.8. The van der Waals surface area contributed by atoms with E-state index in [1.54, 1.807) is 25.5 Å². The molecular formula is C25H24BrClN2O3. The molecule has 3 aromatic carbocycles. The van der Waals surface area contributed by atoms with Gasteiger partial charge in [0, 0.05) is 16.9 Å². The largest absolute Gasteiger partial charge is 0.493 e. The van der Waals surface area contributed by atoms with Gasteiger partial charge in [0.25, 0.3) is 5.91 Å². The summed E-state index contributed by atoms with van der Waals surface area (Å²) in [5.41, 5.74) is 4.52. The number of hydrogen-bond acceptors (Lipinski definition) is 4. The van der Waals surface area contributed by atoms with Crippen molar-refractivity contribution in [1.29, 1.82) is 0 Å². The molecule has 1 amide bonds. The summed E-state index contributed by atoms with van der Waals surface area (Å²) in [5.74, 6) is 0.627. The van der Waals surface area contributed by atoms with Crippen LogP contribution in [0.2, 0.25) is 5.02 Å². The van der Waals surface area contributed by atoms with Crippen LogP contribution in [0.1, 0.15) is 23.6 Å². The number of halogens is 2. The van der Waals surface area contributed by atoms with E-state index in [-0.39, 0.29) is 12.5 Å². The van der Waals surface area contributed by atoms with Crippen LogP contribution in [-0.4, -0.2) is 25.8 Å². The Bertz CT molecular complexity index is 1130. The van der Waals surface area contributed by atoms with Gasteiger partial charge in [-0.25, -0.2) is 0 Å². The lowest BCUT2D eigenvalue weighted by molar-refractivity contribution is -0.118. The van der Waals surface area contributed by atoms with Gasteiger partial charge in [-0.3, -0.25) is 9.79 Å². The van der Waals surface area contributed by atoms with E-state index in [0.29, 0.717) is 26.7 Å². The van der Waals surface area contributed by atoms with Crippen molar-refractivity contribution in [1.82, 2.24) is 0 Å². The third-order valence-electron chi connectivity index (χ3n) is 4.76. The number of carbonyl (C=O) groups is 1. The topological polar surface area (TPSA) is 59.9 Å². The van der Waals surface area contributed by atoms with Crippen LogP contribution in [0.4, 0.5) is 11.4 Å². The zero-order valence-corrected chi connectivity index (χ0v) is 20.5. The molecule has 0 aliphatic carbocycles. The van der Waals surface area contributed by atoms with Crippen LogP contribution in [-0.2, 0) is 11.2 Å². The zero-order valence-electron chi connectivity index (χ0n) is 18.1. The number of anilines is 1. The first-order valence-corrected chi connectivity index (χ1v) is 11.3. The molecule has 0 unspecified atom stereocenters. The minimum Gasteiger partial charge on any atom is -0.493 e. The molecule has 7 heteroatoms. The first-order chi connectivity index (χ1) is 15.4. The van der Waals surface area contributed by atoms with E-state index in [4.69, 9.17) is 21.1 Å². The number of aryl methyl sites for hydroxylation is 2. The predicted molar refractivity (Wildman–Crippen MR) is 134 cm³/mol. The lowest BCUT2D eigenvalue weighted by Crippen LogP contribution is -2.20. The number of methoxy groups -OCH3 is 1. The number of nitrogens with zero attached hydrogens (tertiary/aromatic N) is 1. The summed E-state index contributed by atoms with van der Waals surface area (Å²) in [6.45, 7) is 3.84. The molecule has 3 aromatic rings. The molecule has 0 atom stereocenters. The molecule has 0 aliphatic heterocycles. The van der Waals surface area contributed by atoms with E-state index in [9.17, 15) is 4.79 Å². The highest BCUT2D eigenvalue weighted by Crippen LogP contribution is 2.36. The molecular weight excluding hydrogens is 492 g/mol. The number of aliphatic imine (C=N–C) groups is 1. The molecule has 0 spiro atoms. The minimum atomic E-state index is -0.306. The third kappa shape index (κ3) is 6.34. The maximum absolute atomic E-state index is 12.3. The Hall–Kier alpha value is -2.83. The van der Waals surface area contributed by atoms with Crippen LogP contribution in [0.3, 0.4) is 0 Å². The van der Waals surface area contributed by atoms with Gasteiger partial charge in [0.15, 0.2) is 18.1 Å². The van der Waals surface area contributed by atoms with Crippen LogP contribution in [0.25, 0.3) is 0 Å². The molecule has 0 bridgehead atoms. The quantitative estimate of drug-likeness (QED) is 0.338. The van der Waals surface area contributed by atoms with Crippen molar-refractivity contribution in [3.63, 3.8) is 0 Å². The Morgan fingerprint density at radius 3 is 2.56 bits per heavy atom. The molecule has 0 saturated carbocycles. The SMILES string of the molecule is CCc1ccc(N=Cc2cc(Br)c(OCC(=O)Nc3ccc(C)c(Cl)c3)c(OC)c2)cc1. The Morgan fingerprint density at radius 1 is 1.16 bits per heavy atom. The molecule has 1 N–H and O–H groups in total. The smallest absolute Gasteiger partial charge is 0.262 e. The van der Waals surface area contributed by atoms with Crippen molar-refractivity contribution < 1.29 is 14.3 Å². The Morgan fingerprint density at radius 2 is 1.91 bits per heavy atom. The van der Waals surface area contributed by atoms with E-state index in [2.05, 4.69) is 45.3 Å². The van der Waals surface area contributed by atoms with Crippen molar-refractivity contribution in [2.45, 2.75) is 20.3 Å². The fourth-order valence-electron chi connectivity index (χ4n) is 2.93. The van der Waals surface area contributed by atoms with Gasteiger partial charge in [0.05, 0.1) is 17.3 Å². The van der Waals surface area contributed by atoms with E-state index in [1.165, 1.54) is 5.56 Å². The molecule has 0 heterocycles. The standard InChI is InChI=1S/C25H24BrClN2O3/c1-4-17-6-9-19(10-7-17)28-14-18-11-21(26)25(23(12-18)31-3)32-15-24(30)29-20-8-5-16(2)22(27)13-20/h5-14H,4,15H2,1-3H3,(H,29,30). The maximum Gasteiger partial charge on any atom is 0.262 e. The highest BCUT2D eigenvalue weighted by Gasteiger charge is 2.13. The van der Waals surface area contributed by atoms with E-state index < -0.39 is 0 Å². The van der Waals surface area contributed by atoms with Gasteiger partial charge < -0.3 is 14.8 Å². The lowest BCUT2D eigenvalue weighted by atomic mass is 10.1. The zero-order chi connectivity index (χ0) is 23.1. The summed E-state index contributed by atoms with van der Waals surface area (Å²) >= 11 is 9.61. The normalized spacial score (nSPS) is 10.9. The lowest BCUT2D eigenvalue weighted by Gasteiger charge is -2.13. The summed E-state index contributed by atoms with van der Waals surface area (Å²) in [5, 5.41) is 3.36. The second kappa shape index (κ2) is 11.2. The van der Waals surface area contributed by atoms with Crippen LogP contribution in [0.5, 0.6) is 11.5 Å². The van der Waals surface area contributed by atoms with Crippen LogP contribution >= 0.6 is 27.5 Å².